The summed E-state index contributed by atoms with van der Waals surface area (Å²) in [6.07, 6.45) is 2.68. The lowest BCUT2D eigenvalue weighted by Gasteiger charge is -2.33. The number of allylic oxidation sites excluding steroid dienone is 1. The van der Waals surface area contributed by atoms with Crippen molar-refractivity contribution in [1.29, 1.82) is 0 Å². The Labute approximate surface area is 201 Å². The molecule has 0 radical (unpaired) electrons. The van der Waals surface area contributed by atoms with Gasteiger partial charge in [0.2, 0.25) is 0 Å². The van der Waals surface area contributed by atoms with E-state index >= 15 is 0 Å². The molecule has 3 unspecified atom stereocenters. The number of halogens is 1. The highest BCUT2D eigenvalue weighted by molar-refractivity contribution is 9.10. The summed E-state index contributed by atoms with van der Waals surface area (Å²) in [6.45, 7) is 0. The van der Waals surface area contributed by atoms with Crippen molar-refractivity contribution in [3.63, 3.8) is 0 Å². The summed E-state index contributed by atoms with van der Waals surface area (Å²) in [5.74, 6) is 1.13. The molecule has 0 spiro atoms. The summed E-state index contributed by atoms with van der Waals surface area (Å²) >= 11 is 3.61. The van der Waals surface area contributed by atoms with Gasteiger partial charge in [0, 0.05) is 18.0 Å². The number of ether oxygens (including phenoxy) is 2. The predicted molar refractivity (Wildman–Crippen MR) is 134 cm³/mol. The van der Waals surface area contributed by atoms with E-state index in [-0.39, 0.29) is 23.7 Å². The molecule has 6 heteroatoms. The van der Waals surface area contributed by atoms with Crippen molar-refractivity contribution < 1.29 is 14.3 Å². The van der Waals surface area contributed by atoms with Gasteiger partial charge in [-0.1, -0.05) is 48.5 Å². The minimum absolute atomic E-state index is 0.0421. The van der Waals surface area contributed by atoms with Gasteiger partial charge >= 0.3 is 0 Å². The van der Waals surface area contributed by atoms with E-state index in [1.807, 2.05) is 54.6 Å². The highest BCUT2D eigenvalue weighted by Crippen LogP contribution is 2.47. The van der Waals surface area contributed by atoms with Crippen LogP contribution in [-0.2, 0) is 4.79 Å². The van der Waals surface area contributed by atoms with Crippen LogP contribution >= 0.6 is 15.9 Å². The van der Waals surface area contributed by atoms with Gasteiger partial charge < -0.3 is 20.1 Å². The average Bonchev–Trinajstić information content (AvgIpc) is 3.01. The topological polar surface area (TPSA) is 59.6 Å². The molecule has 5 rings (SSSR count). The van der Waals surface area contributed by atoms with E-state index in [1.54, 1.807) is 14.2 Å². The Bertz CT molecular complexity index is 1230. The zero-order chi connectivity index (χ0) is 22.9. The maximum absolute atomic E-state index is 13.7. The third-order valence-corrected chi connectivity index (χ3v) is 6.97. The van der Waals surface area contributed by atoms with E-state index in [4.69, 9.17) is 9.47 Å². The van der Waals surface area contributed by atoms with Crippen molar-refractivity contribution in [2.24, 2.45) is 5.92 Å². The number of fused-ring (bicyclic) bond motifs is 2. The average molecular weight is 505 g/mol. The van der Waals surface area contributed by atoms with Crippen LogP contribution in [0.2, 0.25) is 0 Å². The first-order valence-electron chi connectivity index (χ1n) is 10.9. The number of para-hydroxylation sites is 2. The number of hydrogen-bond acceptors (Lipinski definition) is 5. The van der Waals surface area contributed by atoms with Gasteiger partial charge in [-0.3, -0.25) is 4.79 Å². The number of anilines is 2. The fourth-order valence-electron chi connectivity index (χ4n) is 4.81. The molecule has 0 fully saturated rings. The number of Topliss-reactive ketones (excluding diaryl/α,β-unsaturated/α-hetero) is 1. The number of hydrogen-bond donors (Lipinski definition) is 2. The second-order valence-corrected chi connectivity index (χ2v) is 9.17. The lowest BCUT2D eigenvalue weighted by Crippen LogP contribution is -2.33. The van der Waals surface area contributed by atoms with Crippen molar-refractivity contribution in [2.45, 2.75) is 18.4 Å². The summed E-state index contributed by atoms with van der Waals surface area (Å²) in [5.41, 5.74) is 4.92. The molecule has 2 aliphatic rings. The SMILES string of the molecule is COc1cc(C2Nc3ccccc3NC3=CC(c4ccccc4)CC(=O)C32)cc(Br)c1OC. The summed E-state index contributed by atoms with van der Waals surface area (Å²) in [5, 5.41) is 7.20. The van der Waals surface area contributed by atoms with E-state index in [0.29, 0.717) is 17.9 Å². The molecule has 168 valence electrons. The number of rotatable bonds is 4. The zero-order valence-electron chi connectivity index (χ0n) is 18.5. The monoisotopic (exact) mass is 504 g/mol. The van der Waals surface area contributed by atoms with Gasteiger partial charge in [0.1, 0.15) is 5.78 Å². The largest absolute Gasteiger partial charge is 0.493 e. The van der Waals surface area contributed by atoms with Crippen molar-refractivity contribution in [3.05, 3.63) is 94.1 Å². The highest BCUT2D eigenvalue weighted by atomic mass is 79.9. The molecule has 0 bridgehead atoms. The number of ketones is 1. The molecule has 3 atom stereocenters. The van der Waals surface area contributed by atoms with Crippen molar-refractivity contribution >= 4 is 33.1 Å². The normalized spacial score (nSPS) is 21.5. The molecule has 0 amide bonds. The molecule has 1 aliphatic carbocycles. The Hall–Kier alpha value is -3.25. The molecular formula is C27H25BrN2O3. The van der Waals surface area contributed by atoms with E-state index in [0.717, 1.165) is 32.7 Å². The van der Waals surface area contributed by atoms with E-state index in [9.17, 15) is 4.79 Å². The van der Waals surface area contributed by atoms with E-state index in [1.165, 1.54) is 0 Å². The van der Waals surface area contributed by atoms with Crippen molar-refractivity contribution in [2.75, 3.05) is 24.9 Å². The standard InChI is InChI=1S/C27H25BrN2O3/c1-32-24-15-18(12-19(28)27(24)33-2)26-25-22(29-20-10-6-7-11-21(20)30-26)13-17(14-23(25)31)16-8-4-3-5-9-16/h3-13,15,17,25-26,29-30H,14H2,1-2H3. The summed E-state index contributed by atoms with van der Waals surface area (Å²) in [4.78, 5) is 13.7. The highest BCUT2D eigenvalue weighted by Gasteiger charge is 2.40. The lowest BCUT2D eigenvalue weighted by molar-refractivity contribution is -0.122. The molecule has 0 saturated heterocycles. The molecule has 3 aromatic rings. The first-order valence-corrected chi connectivity index (χ1v) is 11.7. The van der Waals surface area contributed by atoms with Crippen LogP contribution in [0, 0.1) is 5.92 Å². The van der Waals surface area contributed by atoms with Gasteiger partial charge in [0.15, 0.2) is 11.5 Å². The molecule has 3 aromatic carbocycles. The summed E-state index contributed by atoms with van der Waals surface area (Å²) in [6, 6.07) is 21.9. The molecule has 5 nitrogen and oxygen atoms in total. The predicted octanol–water partition coefficient (Wildman–Crippen LogP) is 6.30. The molecule has 33 heavy (non-hydrogen) atoms. The number of carbonyl (C=O) groups is 1. The van der Waals surface area contributed by atoms with Crippen LogP contribution in [-0.4, -0.2) is 20.0 Å². The van der Waals surface area contributed by atoms with E-state index in [2.05, 4.69) is 44.8 Å². The van der Waals surface area contributed by atoms with Gasteiger partial charge in [0.05, 0.1) is 42.0 Å². The molecule has 0 saturated carbocycles. The first-order chi connectivity index (χ1) is 16.1. The Morgan fingerprint density at radius 2 is 1.64 bits per heavy atom. The van der Waals surface area contributed by atoms with Crippen LogP contribution in [0.1, 0.15) is 29.5 Å². The fourth-order valence-corrected chi connectivity index (χ4v) is 5.43. The van der Waals surface area contributed by atoms with Crippen LogP contribution in [0.15, 0.2) is 83.0 Å². The lowest BCUT2D eigenvalue weighted by atomic mass is 9.76. The molecule has 0 aromatic heterocycles. The molecular weight excluding hydrogens is 480 g/mol. The number of benzene rings is 3. The van der Waals surface area contributed by atoms with E-state index < -0.39 is 0 Å². The van der Waals surface area contributed by atoms with Crippen LogP contribution in [0.5, 0.6) is 11.5 Å². The maximum Gasteiger partial charge on any atom is 0.174 e. The minimum atomic E-state index is -0.359. The minimum Gasteiger partial charge on any atom is -0.493 e. The molecule has 1 aliphatic heterocycles. The number of carbonyl (C=O) groups excluding carboxylic acids is 1. The Balaban J connectivity index is 1.65. The third kappa shape index (κ3) is 4.00. The first kappa shape index (κ1) is 21.6. The zero-order valence-corrected chi connectivity index (χ0v) is 20.1. The third-order valence-electron chi connectivity index (χ3n) is 6.38. The summed E-state index contributed by atoms with van der Waals surface area (Å²) < 4.78 is 11.9. The van der Waals surface area contributed by atoms with Gasteiger partial charge in [-0.2, -0.15) is 0 Å². The van der Waals surface area contributed by atoms with Gasteiger partial charge in [0.25, 0.3) is 0 Å². The van der Waals surface area contributed by atoms with Crippen LogP contribution in [0.4, 0.5) is 11.4 Å². The Morgan fingerprint density at radius 3 is 2.36 bits per heavy atom. The van der Waals surface area contributed by atoms with Crippen LogP contribution in [0.25, 0.3) is 0 Å². The van der Waals surface area contributed by atoms with Crippen LogP contribution in [0.3, 0.4) is 0 Å². The molecule has 2 N–H and O–H groups in total. The Morgan fingerprint density at radius 1 is 0.909 bits per heavy atom. The van der Waals surface area contributed by atoms with Crippen molar-refractivity contribution in [1.82, 2.24) is 0 Å². The van der Waals surface area contributed by atoms with Gasteiger partial charge in [-0.25, -0.2) is 0 Å². The quantitative estimate of drug-likeness (QED) is 0.436. The molecule has 1 heterocycles. The second kappa shape index (κ2) is 8.94. The number of nitrogens with one attached hydrogen (secondary N) is 2. The maximum atomic E-state index is 13.7. The van der Waals surface area contributed by atoms with Gasteiger partial charge in [-0.05, 0) is 51.3 Å². The number of methoxy groups -OCH3 is 2. The van der Waals surface area contributed by atoms with Crippen LogP contribution < -0.4 is 20.1 Å². The fraction of sp³-hybridized carbons (Fsp3) is 0.222. The summed E-state index contributed by atoms with van der Waals surface area (Å²) in [7, 11) is 3.23. The van der Waals surface area contributed by atoms with Crippen molar-refractivity contribution in [3.8, 4) is 11.5 Å². The Kier molecular flexibility index (Phi) is 5.85. The van der Waals surface area contributed by atoms with Gasteiger partial charge in [-0.15, -0.1) is 0 Å². The smallest absolute Gasteiger partial charge is 0.174 e. The second-order valence-electron chi connectivity index (χ2n) is 8.32.